The van der Waals surface area contributed by atoms with E-state index in [1.165, 1.54) is 0 Å². The highest BCUT2D eigenvalue weighted by molar-refractivity contribution is 9.10. The maximum absolute atomic E-state index is 12.9. The van der Waals surface area contributed by atoms with E-state index in [4.69, 9.17) is 0 Å². The molecule has 0 aliphatic carbocycles. The molecule has 4 rings (SSSR count). The summed E-state index contributed by atoms with van der Waals surface area (Å²) < 4.78 is 2.64. The fourth-order valence-electron chi connectivity index (χ4n) is 3.61. The topological polar surface area (TPSA) is 71.4 Å². The molecule has 2 amide bonds. The summed E-state index contributed by atoms with van der Waals surface area (Å²) in [7, 11) is 0. The van der Waals surface area contributed by atoms with Crippen LogP contribution in [0.3, 0.4) is 0 Å². The van der Waals surface area contributed by atoms with Gasteiger partial charge in [-0.1, -0.05) is 34.1 Å². The molecule has 1 saturated heterocycles. The van der Waals surface area contributed by atoms with Crippen molar-refractivity contribution in [1.29, 1.82) is 0 Å². The summed E-state index contributed by atoms with van der Waals surface area (Å²) >= 11 is 3.34. The minimum atomic E-state index is -0.707. The first kappa shape index (κ1) is 19.4. The molecule has 0 atom stereocenters. The Morgan fingerprint density at radius 1 is 0.966 bits per heavy atom. The van der Waals surface area contributed by atoms with Crippen LogP contribution in [-0.2, 0) is 16.1 Å². The molecule has 2 heterocycles. The number of halogens is 1. The zero-order chi connectivity index (χ0) is 20.4. The third-order valence-electron chi connectivity index (χ3n) is 5.11. The SMILES string of the molecule is O=C(Nc1ccc(Br)cc1)C(=O)c1cn(CC(=O)N2CCCC2)c2ccccc12. The summed E-state index contributed by atoms with van der Waals surface area (Å²) in [6.07, 6.45) is 3.67. The molecule has 1 aromatic heterocycles. The van der Waals surface area contributed by atoms with E-state index >= 15 is 0 Å². The maximum atomic E-state index is 12.9. The quantitative estimate of drug-likeness (QED) is 0.471. The van der Waals surface area contributed by atoms with Gasteiger partial charge < -0.3 is 14.8 Å². The first-order chi connectivity index (χ1) is 14.0. The molecule has 2 aromatic carbocycles. The number of hydrogen-bond donors (Lipinski definition) is 1. The number of nitrogens with one attached hydrogen (secondary N) is 1. The van der Waals surface area contributed by atoms with Gasteiger partial charge in [0.15, 0.2) is 0 Å². The van der Waals surface area contributed by atoms with Gasteiger partial charge in [-0.05, 0) is 43.2 Å². The zero-order valence-electron chi connectivity index (χ0n) is 15.7. The normalized spacial score (nSPS) is 13.6. The summed E-state index contributed by atoms with van der Waals surface area (Å²) in [6.45, 7) is 1.71. The number of hydrogen-bond acceptors (Lipinski definition) is 3. The minimum absolute atomic E-state index is 0.0292. The highest BCUT2D eigenvalue weighted by atomic mass is 79.9. The van der Waals surface area contributed by atoms with Crippen molar-refractivity contribution in [2.45, 2.75) is 19.4 Å². The molecule has 0 saturated carbocycles. The first-order valence-electron chi connectivity index (χ1n) is 9.50. The Morgan fingerprint density at radius 3 is 2.38 bits per heavy atom. The van der Waals surface area contributed by atoms with Crippen molar-refractivity contribution in [2.75, 3.05) is 18.4 Å². The largest absolute Gasteiger partial charge is 0.341 e. The summed E-state index contributed by atoms with van der Waals surface area (Å²) in [5, 5.41) is 3.30. The molecule has 1 aliphatic heterocycles. The van der Waals surface area contributed by atoms with Crippen molar-refractivity contribution in [3.8, 4) is 0 Å². The Hall–Kier alpha value is -2.93. The van der Waals surface area contributed by atoms with Crippen molar-refractivity contribution in [2.24, 2.45) is 0 Å². The summed E-state index contributed by atoms with van der Waals surface area (Å²) in [6, 6.07) is 14.3. The number of aromatic nitrogens is 1. The van der Waals surface area contributed by atoms with Gasteiger partial charge in [0.25, 0.3) is 11.7 Å². The van der Waals surface area contributed by atoms with Crippen LogP contribution in [0.1, 0.15) is 23.2 Å². The molecule has 1 N–H and O–H groups in total. The number of likely N-dealkylation sites (tertiary alicyclic amines) is 1. The third kappa shape index (κ3) is 4.10. The number of benzene rings is 2. The van der Waals surface area contributed by atoms with E-state index in [-0.39, 0.29) is 12.5 Å². The number of anilines is 1. The van der Waals surface area contributed by atoms with Gasteiger partial charge >= 0.3 is 0 Å². The minimum Gasteiger partial charge on any atom is -0.341 e. The van der Waals surface area contributed by atoms with Gasteiger partial charge in [-0.2, -0.15) is 0 Å². The number of ketones is 1. The van der Waals surface area contributed by atoms with Crippen LogP contribution in [0.25, 0.3) is 10.9 Å². The maximum Gasteiger partial charge on any atom is 0.296 e. The highest BCUT2D eigenvalue weighted by Crippen LogP contribution is 2.23. The third-order valence-corrected chi connectivity index (χ3v) is 5.63. The lowest BCUT2D eigenvalue weighted by Gasteiger charge is -2.15. The van der Waals surface area contributed by atoms with Crippen LogP contribution in [0.5, 0.6) is 0 Å². The monoisotopic (exact) mass is 453 g/mol. The van der Waals surface area contributed by atoms with Crippen molar-refractivity contribution < 1.29 is 14.4 Å². The zero-order valence-corrected chi connectivity index (χ0v) is 17.3. The number of carbonyl (C=O) groups excluding carboxylic acids is 3. The molecule has 7 heteroatoms. The molecular formula is C22H20BrN3O3. The number of rotatable bonds is 5. The Kier molecular flexibility index (Phi) is 5.49. The van der Waals surface area contributed by atoms with Crippen LogP contribution in [-0.4, -0.2) is 40.2 Å². The molecule has 148 valence electrons. The van der Waals surface area contributed by atoms with Gasteiger partial charge in [0.2, 0.25) is 5.91 Å². The lowest BCUT2D eigenvalue weighted by atomic mass is 10.1. The van der Waals surface area contributed by atoms with E-state index in [0.717, 1.165) is 35.9 Å². The van der Waals surface area contributed by atoms with Gasteiger partial charge in [-0.15, -0.1) is 0 Å². The van der Waals surface area contributed by atoms with Crippen molar-refractivity contribution >= 4 is 50.1 Å². The molecule has 1 fully saturated rings. The standard InChI is InChI=1S/C22H20BrN3O3/c23-15-7-9-16(10-8-15)24-22(29)21(28)18-13-26(19-6-2-1-5-17(18)19)14-20(27)25-11-3-4-12-25/h1-2,5-10,13H,3-4,11-12,14H2,(H,24,29). The number of nitrogens with zero attached hydrogens (tertiary/aromatic N) is 2. The van der Waals surface area contributed by atoms with Crippen LogP contribution < -0.4 is 5.32 Å². The Labute approximate surface area is 176 Å². The van der Waals surface area contributed by atoms with Crippen LogP contribution in [0.2, 0.25) is 0 Å². The number of para-hydroxylation sites is 1. The lowest BCUT2D eigenvalue weighted by molar-refractivity contribution is -0.130. The van der Waals surface area contributed by atoms with Crippen LogP contribution in [0.4, 0.5) is 5.69 Å². The predicted octanol–water partition coefficient (Wildman–Crippen LogP) is 3.85. The Bertz CT molecular complexity index is 1080. The van der Waals surface area contributed by atoms with E-state index in [0.29, 0.717) is 16.6 Å². The fourth-order valence-corrected chi connectivity index (χ4v) is 3.88. The van der Waals surface area contributed by atoms with Crippen molar-refractivity contribution in [1.82, 2.24) is 9.47 Å². The molecule has 0 spiro atoms. The average molecular weight is 454 g/mol. The summed E-state index contributed by atoms with van der Waals surface area (Å²) in [5.41, 5.74) is 1.60. The Morgan fingerprint density at radius 2 is 1.66 bits per heavy atom. The van der Waals surface area contributed by atoms with Gasteiger partial charge in [-0.3, -0.25) is 14.4 Å². The van der Waals surface area contributed by atoms with Gasteiger partial charge in [0, 0.05) is 40.3 Å². The van der Waals surface area contributed by atoms with E-state index in [9.17, 15) is 14.4 Å². The number of carbonyl (C=O) groups is 3. The van der Waals surface area contributed by atoms with Crippen LogP contribution in [0.15, 0.2) is 59.2 Å². The van der Waals surface area contributed by atoms with Crippen LogP contribution >= 0.6 is 15.9 Å². The second-order valence-electron chi connectivity index (χ2n) is 7.07. The molecule has 3 aromatic rings. The average Bonchev–Trinajstić information content (AvgIpc) is 3.38. The van der Waals surface area contributed by atoms with E-state index in [1.807, 2.05) is 23.1 Å². The van der Waals surface area contributed by atoms with E-state index < -0.39 is 11.7 Å². The van der Waals surface area contributed by atoms with Crippen LogP contribution in [0, 0.1) is 0 Å². The fraction of sp³-hybridized carbons (Fsp3) is 0.227. The molecule has 1 aliphatic rings. The highest BCUT2D eigenvalue weighted by Gasteiger charge is 2.24. The molecule has 6 nitrogen and oxygen atoms in total. The predicted molar refractivity (Wildman–Crippen MR) is 115 cm³/mol. The second-order valence-corrected chi connectivity index (χ2v) is 7.98. The van der Waals surface area contributed by atoms with Gasteiger partial charge in [-0.25, -0.2) is 0 Å². The number of amides is 2. The summed E-state index contributed by atoms with van der Waals surface area (Å²) in [4.78, 5) is 39.8. The smallest absolute Gasteiger partial charge is 0.296 e. The number of fused-ring (bicyclic) bond motifs is 1. The van der Waals surface area contributed by atoms with Crippen molar-refractivity contribution in [3.05, 3.63) is 64.8 Å². The van der Waals surface area contributed by atoms with Crippen molar-refractivity contribution in [3.63, 3.8) is 0 Å². The lowest BCUT2D eigenvalue weighted by Crippen LogP contribution is -2.30. The van der Waals surface area contributed by atoms with Gasteiger partial charge in [0.1, 0.15) is 6.54 Å². The Balaban J connectivity index is 1.59. The number of Topliss-reactive ketones (excluding diaryl/α,β-unsaturated/α-hetero) is 1. The van der Waals surface area contributed by atoms with E-state index in [2.05, 4.69) is 21.2 Å². The molecule has 0 radical (unpaired) electrons. The first-order valence-corrected chi connectivity index (χ1v) is 10.3. The second kappa shape index (κ2) is 8.21. The van der Waals surface area contributed by atoms with E-state index in [1.54, 1.807) is 41.1 Å². The molecule has 29 heavy (non-hydrogen) atoms. The summed E-state index contributed by atoms with van der Waals surface area (Å²) in [5.74, 6) is -1.31. The van der Waals surface area contributed by atoms with Gasteiger partial charge in [0.05, 0.1) is 5.56 Å². The molecule has 0 bridgehead atoms. The molecular weight excluding hydrogens is 434 g/mol. The molecule has 0 unspecified atom stereocenters.